The molecule has 98 valence electrons. The van der Waals surface area contributed by atoms with E-state index < -0.39 is 0 Å². The average molecular weight is 253 g/mol. The fraction of sp³-hybridized carbons (Fsp3) is 0.294. The molecule has 0 spiro atoms. The Labute approximate surface area is 114 Å². The average Bonchev–Trinajstić information content (AvgIpc) is 2.45. The molecule has 19 heavy (non-hydrogen) atoms. The highest BCUT2D eigenvalue weighted by atomic mass is 16.3. The van der Waals surface area contributed by atoms with Gasteiger partial charge in [0.2, 0.25) is 0 Å². The van der Waals surface area contributed by atoms with Crippen molar-refractivity contribution in [1.82, 2.24) is 5.32 Å². The van der Waals surface area contributed by atoms with E-state index in [9.17, 15) is 5.11 Å². The first-order valence-corrected chi connectivity index (χ1v) is 6.85. The lowest BCUT2D eigenvalue weighted by molar-refractivity contribution is 0.241. The number of nitrogens with one attached hydrogen (secondary N) is 1. The number of aliphatic hydroxyl groups excluding tert-OH is 1. The van der Waals surface area contributed by atoms with Gasteiger partial charge in [-0.1, -0.05) is 54.6 Å². The van der Waals surface area contributed by atoms with Gasteiger partial charge in [-0.3, -0.25) is 0 Å². The van der Waals surface area contributed by atoms with Crippen molar-refractivity contribution in [1.29, 1.82) is 0 Å². The zero-order valence-corrected chi connectivity index (χ0v) is 10.9. The molecule has 0 aliphatic heterocycles. The molecule has 3 rings (SSSR count). The molecule has 2 N–H and O–H groups in total. The molecule has 2 nitrogen and oxygen atoms in total. The van der Waals surface area contributed by atoms with Crippen LogP contribution in [0.3, 0.4) is 0 Å². The van der Waals surface area contributed by atoms with Crippen molar-refractivity contribution in [2.45, 2.75) is 18.4 Å². The van der Waals surface area contributed by atoms with Gasteiger partial charge in [0.1, 0.15) is 0 Å². The van der Waals surface area contributed by atoms with Crippen LogP contribution in [0, 0.1) is 0 Å². The summed E-state index contributed by atoms with van der Waals surface area (Å²) in [6.45, 7) is 1.06. The standard InChI is InChI=1S/C17H19NO/c19-12-17(13-6-2-1-3-7-13)18-11-15-10-14-8-4-5-9-16(14)15/h1-9,15,17-19H,10-12H2. The van der Waals surface area contributed by atoms with E-state index in [1.54, 1.807) is 0 Å². The van der Waals surface area contributed by atoms with Crippen molar-refractivity contribution in [2.24, 2.45) is 0 Å². The van der Waals surface area contributed by atoms with Gasteiger partial charge in [0.25, 0.3) is 0 Å². The maximum atomic E-state index is 9.52. The molecule has 0 bridgehead atoms. The van der Waals surface area contributed by atoms with Gasteiger partial charge < -0.3 is 10.4 Å². The number of hydrogen-bond donors (Lipinski definition) is 2. The first-order valence-electron chi connectivity index (χ1n) is 6.85. The predicted molar refractivity (Wildman–Crippen MR) is 77.2 cm³/mol. The lowest BCUT2D eigenvalue weighted by Gasteiger charge is -2.31. The van der Waals surface area contributed by atoms with Crippen molar-refractivity contribution in [3.63, 3.8) is 0 Å². The summed E-state index contributed by atoms with van der Waals surface area (Å²) in [5.41, 5.74) is 4.08. The van der Waals surface area contributed by atoms with Crippen molar-refractivity contribution < 1.29 is 5.11 Å². The third-order valence-electron chi connectivity index (χ3n) is 3.96. The molecule has 2 unspecified atom stereocenters. The fourth-order valence-corrected chi connectivity index (χ4v) is 2.80. The van der Waals surface area contributed by atoms with Crippen LogP contribution in [0.4, 0.5) is 0 Å². The number of rotatable bonds is 5. The molecule has 2 heteroatoms. The molecule has 0 saturated carbocycles. The first-order chi connectivity index (χ1) is 9.38. The fourth-order valence-electron chi connectivity index (χ4n) is 2.80. The van der Waals surface area contributed by atoms with Crippen LogP contribution in [-0.2, 0) is 6.42 Å². The summed E-state index contributed by atoms with van der Waals surface area (Å²) in [6, 6.07) is 18.8. The summed E-state index contributed by atoms with van der Waals surface area (Å²) in [6.07, 6.45) is 1.15. The Morgan fingerprint density at radius 2 is 1.79 bits per heavy atom. The lowest BCUT2D eigenvalue weighted by atomic mass is 9.77. The highest BCUT2D eigenvalue weighted by molar-refractivity contribution is 5.40. The van der Waals surface area contributed by atoms with Crippen LogP contribution < -0.4 is 5.32 Å². The molecule has 2 atom stereocenters. The molecule has 0 fully saturated rings. The van der Waals surface area contributed by atoms with Crippen LogP contribution in [0.2, 0.25) is 0 Å². The second-order valence-corrected chi connectivity index (χ2v) is 5.15. The third-order valence-corrected chi connectivity index (χ3v) is 3.96. The Hall–Kier alpha value is -1.64. The molecular formula is C17H19NO. The van der Waals surface area contributed by atoms with Gasteiger partial charge in [0.15, 0.2) is 0 Å². The van der Waals surface area contributed by atoms with Crippen LogP contribution in [0.5, 0.6) is 0 Å². The normalized spacial score (nSPS) is 18.5. The predicted octanol–water partition coefficient (Wildman–Crippen LogP) is 2.65. The van der Waals surface area contributed by atoms with Crippen molar-refractivity contribution in [2.75, 3.05) is 13.2 Å². The summed E-state index contributed by atoms with van der Waals surface area (Å²) in [4.78, 5) is 0. The van der Waals surface area contributed by atoms with Gasteiger partial charge in [0.05, 0.1) is 12.6 Å². The highest BCUT2D eigenvalue weighted by Gasteiger charge is 2.25. The number of fused-ring (bicyclic) bond motifs is 1. The van der Waals surface area contributed by atoms with E-state index in [2.05, 4.69) is 41.7 Å². The monoisotopic (exact) mass is 253 g/mol. The molecule has 0 saturated heterocycles. The summed E-state index contributed by atoms with van der Waals surface area (Å²) in [5.74, 6) is 0.592. The largest absolute Gasteiger partial charge is 0.394 e. The smallest absolute Gasteiger partial charge is 0.0626 e. The summed E-state index contributed by atoms with van der Waals surface area (Å²) in [5, 5.41) is 13.0. The molecule has 2 aromatic rings. The second-order valence-electron chi connectivity index (χ2n) is 5.15. The van der Waals surface area contributed by atoms with Crippen LogP contribution in [-0.4, -0.2) is 18.3 Å². The molecule has 0 radical (unpaired) electrons. The van der Waals surface area contributed by atoms with E-state index in [1.165, 1.54) is 11.1 Å². The minimum atomic E-state index is 0.0361. The van der Waals surface area contributed by atoms with Crippen LogP contribution >= 0.6 is 0 Å². The zero-order chi connectivity index (χ0) is 13.1. The Balaban J connectivity index is 1.61. The Bertz CT molecular complexity index is 538. The van der Waals surface area contributed by atoms with E-state index in [1.807, 2.05) is 18.2 Å². The number of aliphatic hydroxyl groups is 1. The Kier molecular flexibility index (Phi) is 3.62. The molecule has 1 aliphatic carbocycles. The van der Waals surface area contributed by atoms with E-state index in [0.29, 0.717) is 5.92 Å². The maximum Gasteiger partial charge on any atom is 0.0626 e. The van der Waals surface area contributed by atoms with Crippen LogP contribution in [0.15, 0.2) is 54.6 Å². The minimum Gasteiger partial charge on any atom is -0.394 e. The molecular weight excluding hydrogens is 234 g/mol. The second kappa shape index (κ2) is 5.55. The number of benzene rings is 2. The minimum absolute atomic E-state index is 0.0361. The summed E-state index contributed by atoms with van der Waals surface area (Å²) < 4.78 is 0. The third kappa shape index (κ3) is 2.55. The van der Waals surface area contributed by atoms with Gasteiger partial charge in [-0.15, -0.1) is 0 Å². The summed E-state index contributed by atoms with van der Waals surface area (Å²) >= 11 is 0. The van der Waals surface area contributed by atoms with E-state index >= 15 is 0 Å². The van der Waals surface area contributed by atoms with E-state index in [-0.39, 0.29) is 12.6 Å². The van der Waals surface area contributed by atoms with Crippen LogP contribution in [0.25, 0.3) is 0 Å². The highest BCUT2D eigenvalue weighted by Crippen LogP contribution is 2.34. The Morgan fingerprint density at radius 3 is 2.53 bits per heavy atom. The van der Waals surface area contributed by atoms with Crippen molar-refractivity contribution in [3.05, 3.63) is 71.3 Å². The lowest BCUT2D eigenvalue weighted by Crippen LogP contribution is -2.33. The maximum absolute atomic E-state index is 9.52. The SMILES string of the molecule is OCC(NCC1Cc2ccccc21)c1ccccc1. The quantitative estimate of drug-likeness (QED) is 0.858. The van der Waals surface area contributed by atoms with E-state index in [0.717, 1.165) is 18.5 Å². The topological polar surface area (TPSA) is 32.3 Å². The first kappa shape index (κ1) is 12.4. The van der Waals surface area contributed by atoms with Gasteiger partial charge in [-0.05, 0) is 23.1 Å². The molecule has 0 heterocycles. The Morgan fingerprint density at radius 1 is 1.05 bits per heavy atom. The molecule has 1 aliphatic rings. The summed E-state index contributed by atoms with van der Waals surface area (Å²) in [7, 11) is 0. The van der Waals surface area contributed by atoms with Crippen molar-refractivity contribution >= 4 is 0 Å². The molecule has 0 amide bonds. The van der Waals surface area contributed by atoms with E-state index in [4.69, 9.17) is 0 Å². The van der Waals surface area contributed by atoms with Gasteiger partial charge in [0, 0.05) is 12.5 Å². The van der Waals surface area contributed by atoms with Gasteiger partial charge >= 0.3 is 0 Å². The molecule has 0 aromatic heterocycles. The number of hydrogen-bond acceptors (Lipinski definition) is 2. The van der Waals surface area contributed by atoms with Crippen molar-refractivity contribution in [3.8, 4) is 0 Å². The van der Waals surface area contributed by atoms with Gasteiger partial charge in [-0.2, -0.15) is 0 Å². The van der Waals surface area contributed by atoms with Gasteiger partial charge in [-0.25, -0.2) is 0 Å². The van der Waals surface area contributed by atoms with Crippen LogP contribution in [0.1, 0.15) is 28.7 Å². The molecule has 2 aromatic carbocycles. The zero-order valence-electron chi connectivity index (χ0n) is 10.9.